The highest BCUT2D eigenvalue weighted by Gasteiger charge is 2.31. The van der Waals surface area contributed by atoms with Gasteiger partial charge in [0, 0.05) is 44.8 Å². The van der Waals surface area contributed by atoms with Crippen LogP contribution in [-0.4, -0.2) is 79.3 Å². The molecule has 0 saturated carbocycles. The van der Waals surface area contributed by atoms with E-state index in [4.69, 9.17) is 4.74 Å². The van der Waals surface area contributed by atoms with Gasteiger partial charge in [-0.2, -0.15) is 0 Å². The summed E-state index contributed by atoms with van der Waals surface area (Å²) in [6.07, 6.45) is 1.95. The third-order valence-corrected chi connectivity index (χ3v) is 5.94. The third kappa shape index (κ3) is 4.34. The smallest absolute Gasteiger partial charge is 0.227 e. The van der Waals surface area contributed by atoms with Crippen LogP contribution in [0.5, 0.6) is 5.75 Å². The minimum absolute atomic E-state index is 0.0443. The highest BCUT2D eigenvalue weighted by molar-refractivity contribution is 5.80. The molecule has 4 rings (SSSR count). The Balaban J connectivity index is 1.44. The zero-order valence-corrected chi connectivity index (χ0v) is 17.3. The zero-order valence-electron chi connectivity index (χ0n) is 17.3. The number of nitrogens with zero attached hydrogens (tertiary/aromatic N) is 5. The molecule has 0 bridgehead atoms. The van der Waals surface area contributed by atoms with Gasteiger partial charge in [-0.1, -0.05) is 12.1 Å². The standard InChI is InChI=1S/C22H29N5O2/c1-25-12-14-26(15-13-25)22(28)17-6-5-11-27(16-17)21-10-9-19(23-24-21)18-7-3-4-8-20(18)29-2/h3-4,7-10,17H,5-6,11-16H2,1-2H3. The lowest BCUT2D eigenvalue weighted by molar-refractivity contribution is -0.137. The molecule has 1 atom stereocenters. The minimum atomic E-state index is 0.0443. The summed E-state index contributed by atoms with van der Waals surface area (Å²) >= 11 is 0. The van der Waals surface area contributed by atoms with Crippen LogP contribution in [0.4, 0.5) is 5.82 Å². The lowest BCUT2D eigenvalue weighted by Crippen LogP contribution is -2.51. The Morgan fingerprint density at radius 1 is 1.03 bits per heavy atom. The van der Waals surface area contributed by atoms with E-state index in [2.05, 4.69) is 27.0 Å². The SMILES string of the molecule is COc1ccccc1-c1ccc(N2CCCC(C(=O)N3CCN(C)CC3)C2)nn1. The highest BCUT2D eigenvalue weighted by atomic mass is 16.5. The number of anilines is 1. The van der Waals surface area contributed by atoms with Crippen molar-refractivity contribution in [3.8, 4) is 17.0 Å². The van der Waals surface area contributed by atoms with Crippen LogP contribution in [-0.2, 0) is 4.79 Å². The molecule has 154 valence electrons. The maximum atomic E-state index is 13.0. The van der Waals surface area contributed by atoms with Crippen molar-refractivity contribution in [2.45, 2.75) is 12.8 Å². The summed E-state index contributed by atoms with van der Waals surface area (Å²) in [7, 11) is 3.77. The summed E-state index contributed by atoms with van der Waals surface area (Å²) < 4.78 is 5.43. The summed E-state index contributed by atoms with van der Waals surface area (Å²) in [4.78, 5) is 19.5. The number of rotatable bonds is 4. The Morgan fingerprint density at radius 3 is 2.55 bits per heavy atom. The number of para-hydroxylation sites is 1. The van der Waals surface area contributed by atoms with Gasteiger partial charge in [-0.25, -0.2) is 0 Å². The Kier molecular flexibility index (Phi) is 5.94. The first-order valence-electron chi connectivity index (χ1n) is 10.3. The van der Waals surface area contributed by atoms with Gasteiger partial charge in [0.2, 0.25) is 5.91 Å². The van der Waals surface area contributed by atoms with Crippen molar-refractivity contribution in [2.75, 3.05) is 58.3 Å². The van der Waals surface area contributed by atoms with E-state index < -0.39 is 0 Å². The Morgan fingerprint density at radius 2 is 1.83 bits per heavy atom. The van der Waals surface area contributed by atoms with Crippen molar-refractivity contribution in [2.24, 2.45) is 5.92 Å². The van der Waals surface area contributed by atoms with Crippen molar-refractivity contribution >= 4 is 11.7 Å². The number of likely N-dealkylation sites (N-methyl/N-ethyl adjacent to an activating group) is 1. The number of amides is 1. The van der Waals surface area contributed by atoms with Gasteiger partial charge in [0.25, 0.3) is 0 Å². The van der Waals surface area contributed by atoms with E-state index in [1.165, 1.54) is 0 Å². The molecule has 0 N–H and O–H groups in total. The quantitative estimate of drug-likeness (QED) is 0.791. The van der Waals surface area contributed by atoms with Gasteiger partial charge >= 0.3 is 0 Å². The van der Waals surface area contributed by atoms with Gasteiger partial charge in [0.1, 0.15) is 5.75 Å². The molecule has 1 amide bonds. The van der Waals surface area contributed by atoms with E-state index in [-0.39, 0.29) is 5.92 Å². The first-order valence-corrected chi connectivity index (χ1v) is 10.3. The largest absolute Gasteiger partial charge is 0.496 e. The number of ether oxygens (including phenoxy) is 1. The minimum Gasteiger partial charge on any atom is -0.496 e. The van der Waals surface area contributed by atoms with Gasteiger partial charge in [0.15, 0.2) is 5.82 Å². The summed E-state index contributed by atoms with van der Waals surface area (Å²) in [5.74, 6) is 1.95. The number of aromatic nitrogens is 2. The molecule has 2 fully saturated rings. The molecule has 2 aliphatic heterocycles. The molecule has 7 heteroatoms. The first kappa shape index (κ1) is 19.6. The van der Waals surface area contributed by atoms with Crippen molar-refractivity contribution in [3.63, 3.8) is 0 Å². The van der Waals surface area contributed by atoms with Crippen LogP contribution in [0.2, 0.25) is 0 Å². The fraction of sp³-hybridized carbons (Fsp3) is 0.500. The molecular weight excluding hydrogens is 366 g/mol. The van der Waals surface area contributed by atoms with Crippen LogP contribution in [0, 0.1) is 5.92 Å². The second-order valence-electron chi connectivity index (χ2n) is 7.89. The molecule has 2 aliphatic rings. The summed E-state index contributed by atoms with van der Waals surface area (Å²) in [6, 6.07) is 11.8. The summed E-state index contributed by atoms with van der Waals surface area (Å²) in [5, 5.41) is 8.89. The second kappa shape index (κ2) is 8.78. The predicted octanol–water partition coefficient (Wildman–Crippen LogP) is 2.14. The number of piperidine rings is 1. The maximum Gasteiger partial charge on any atom is 0.227 e. The molecule has 1 aromatic heterocycles. The lowest BCUT2D eigenvalue weighted by Gasteiger charge is -2.38. The molecule has 29 heavy (non-hydrogen) atoms. The highest BCUT2D eigenvalue weighted by Crippen LogP contribution is 2.29. The molecule has 2 aromatic rings. The topological polar surface area (TPSA) is 61.8 Å². The number of hydrogen-bond acceptors (Lipinski definition) is 6. The van der Waals surface area contributed by atoms with Crippen LogP contribution >= 0.6 is 0 Å². The number of benzene rings is 1. The van der Waals surface area contributed by atoms with E-state index in [1.54, 1.807) is 7.11 Å². The maximum absolute atomic E-state index is 13.0. The number of piperazine rings is 1. The van der Waals surface area contributed by atoms with E-state index in [0.29, 0.717) is 12.5 Å². The Hall–Kier alpha value is -2.67. The molecule has 7 nitrogen and oxygen atoms in total. The van der Waals surface area contributed by atoms with Crippen molar-refractivity contribution in [3.05, 3.63) is 36.4 Å². The van der Waals surface area contributed by atoms with E-state index in [0.717, 1.165) is 68.4 Å². The monoisotopic (exact) mass is 395 g/mol. The third-order valence-electron chi connectivity index (χ3n) is 5.94. The second-order valence-corrected chi connectivity index (χ2v) is 7.89. The van der Waals surface area contributed by atoms with E-state index in [9.17, 15) is 4.79 Å². The normalized spacial score (nSPS) is 20.6. The fourth-order valence-electron chi connectivity index (χ4n) is 4.17. The fourth-order valence-corrected chi connectivity index (χ4v) is 4.17. The molecule has 0 spiro atoms. The van der Waals surface area contributed by atoms with E-state index in [1.807, 2.05) is 41.3 Å². The van der Waals surface area contributed by atoms with Crippen molar-refractivity contribution in [1.82, 2.24) is 20.0 Å². The van der Waals surface area contributed by atoms with Crippen molar-refractivity contribution < 1.29 is 9.53 Å². The Labute approximate surface area is 172 Å². The van der Waals surface area contributed by atoms with Gasteiger partial charge in [0.05, 0.1) is 18.7 Å². The molecule has 1 aromatic carbocycles. The van der Waals surface area contributed by atoms with Crippen LogP contribution < -0.4 is 9.64 Å². The lowest BCUT2D eigenvalue weighted by atomic mass is 9.96. The molecule has 3 heterocycles. The predicted molar refractivity (Wildman–Crippen MR) is 113 cm³/mol. The van der Waals surface area contributed by atoms with Crippen molar-refractivity contribution in [1.29, 1.82) is 0 Å². The summed E-state index contributed by atoms with van der Waals surface area (Å²) in [6.45, 7) is 5.21. The van der Waals surface area contributed by atoms with Crippen LogP contribution in [0.3, 0.4) is 0 Å². The van der Waals surface area contributed by atoms with Gasteiger partial charge in [-0.05, 0) is 44.2 Å². The molecule has 0 aliphatic carbocycles. The van der Waals surface area contributed by atoms with Crippen LogP contribution in [0.15, 0.2) is 36.4 Å². The number of carbonyl (C=O) groups is 1. The molecule has 0 radical (unpaired) electrons. The van der Waals surface area contributed by atoms with E-state index >= 15 is 0 Å². The number of carbonyl (C=O) groups excluding carboxylic acids is 1. The average molecular weight is 396 g/mol. The molecule has 2 saturated heterocycles. The molecule has 1 unspecified atom stereocenters. The first-order chi connectivity index (χ1) is 14.2. The van der Waals surface area contributed by atoms with Crippen LogP contribution in [0.25, 0.3) is 11.3 Å². The zero-order chi connectivity index (χ0) is 20.2. The number of hydrogen-bond donors (Lipinski definition) is 0. The van der Waals surface area contributed by atoms with Gasteiger partial charge < -0.3 is 19.4 Å². The number of methoxy groups -OCH3 is 1. The van der Waals surface area contributed by atoms with Gasteiger partial charge in [-0.3, -0.25) is 4.79 Å². The molecular formula is C22H29N5O2. The van der Waals surface area contributed by atoms with Gasteiger partial charge in [-0.15, -0.1) is 10.2 Å². The Bertz CT molecular complexity index is 833. The average Bonchev–Trinajstić information content (AvgIpc) is 2.79. The summed E-state index contributed by atoms with van der Waals surface area (Å²) in [5.41, 5.74) is 1.71. The van der Waals surface area contributed by atoms with Crippen LogP contribution in [0.1, 0.15) is 12.8 Å².